The number of aliphatic hydroxyl groups excluding tert-OH is 1. The molecule has 0 radical (unpaired) electrons. The highest BCUT2D eigenvalue weighted by Crippen LogP contribution is 2.07. The van der Waals surface area contributed by atoms with E-state index in [1.165, 1.54) is 0 Å². The number of nitrogens with one attached hydrogen (secondary N) is 1. The third-order valence-corrected chi connectivity index (χ3v) is 2.56. The van der Waals surface area contributed by atoms with Crippen molar-refractivity contribution in [3.63, 3.8) is 0 Å². The minimum absolute atomic E-state index is 0.0364. The van der Waals surface area contributed by atoms with Crippen LogP contribution >= 0.6 is 0 Å². The molecular weight excluding hydrogens is 206 g/mol. The summed E-state index contributed by atoms with van der Waals surface area (Å²) >= 11 is 0. The van der Waals surface area contributed by atoms with Gasteiger partial charge in [0.15, 0.2) is 0 Å². The standard InChI is InChI=1S/C11H21N3O2/c1-3-10(4-2)14(7-8-15)9-11(16)13-6-5-12/h10,15H,3-4,6-9H2,1-2H3,(H,13,16). The molecule has 2 N–H and O–H groups in total. The van der Waals surface area contributed by atoms with Gasteiger partial charge in [-0.15, -0.1) is 0 Å². The zero-order valence-corrected chi connectivity index (χ0v) is 10.1. The number of nitriles is 1. The molecule has 0 aromatic heterocycles. The minimum atomic E-state index is -0.165. The van der Waals surface area contributed by atoms with Crippen LogP contribution in [0.15, 0.2) is 0 Å². The molecule has 5 nitrogen and oxygen atoms in total. The number of amides is 1. The zero-order chi connectivity index (χ0) is 12.4. The number of hydrogen-bond acceptors (Lipinski definition) is 4. The molecule has 0 fully saturated rings. The van der Waals surface area contributed by atoms with Gasteiger partial charge in [-0.1, -0.05) is 13.8 Å². The number of nitrogens with zero attached hydrogens (tertiary/aromatic N) is 2. The van der Waals surface area contributed by atoms with E-state index >= 15 is 0 Å². The predicted molar refractivity (Wildman–Crippen MR) is 61.7 cm³/mol. The van der Waals surface area contributed by atoms with Gasteiger partial charge in [-0.25, -0.2) is 0 Å². The molecule has 0 spiro atoms. The van der Waals surface area contributed by atoms with E-state index in [2.05, 4.69) is 19.2 Å². The number of hydrogen-bond donors (Lipinski definition) is 2. The highest BCUT2D eigenvalue weighted by molar-refractivity contribution is 5.78. The fraction of sp³-hybridized carbons (Fsp3) is 0.818. The molecule has 0 saturated carbocycles. The molecule has 0 aliphatic carbocycles. The quantitative estimate of drug-likeness (QED) is 0.577. The number of carbonyl (C=O) groups is 1. The fourth-order valence-corrected chi connectivity index (χ4v) is 1.70. The summed E-state index contributed by atoms with van der Waals surface area (Å²) in [5.74, 6) is -0.165. The van der Waals surface area contributed by atoms with Crippen LogP contribution in [0.1, 0.15) is 26.7 Å². The molecule has 0 heterocycles. The summed E-state index contributed by atoms with van der Waals surface area (Å²) in [5.41, 5.74) is 0. The van der Waals surface area contributed by atoms with Gasteiger partial charge >= 0.3 is 0 Å². The first kappa shape index (κ1) is 14.9. The lowest BCUT2D eigenvalue weighted by molar-refractivity contribution is -0.122. The van der Waals surface area contributed by atoms with Crippen molar-refractivity contribution in [2.24, 2.45) is 0 Å². The van der Waals surface area contributed by atoms with E-state index < -0.39 is 0 Å². The van der Waals surface area contributed by atoms with E-state index in [-0.39, 0.29) is 25.6 Å². The molecular formula is C11H21N3O2. The van der Waals surface area contributed by atoms with Crippen LogP contribution < -0.4 is 5.32 Å². The van der Waals surface area contributed by atoms with Gasteiger partial charge in [-0.05, 0) is 12.8 Å². The lowest BCUT2D eigenvalue weighted by Crippen LogP contribution is -2.44. The van der Waals surface area contributed by atoms with Crippen molar-refractivity contribution in [3.05, 3.63) is 0 Å². The third-order valence-electron chi connectivity index (χ3n) is 2.56. The second kappa shape index (κ2) is 9.13. The monoisotopic (exact) mass is 227 g/mol. The van der Waals surface area contributed by atoms with Gasteiger partial charge in [0.25, 0.3) is 0 Å². The van der Waals surface area contributed by atoms with Gasteiger partial charge in [-0.3, -0.25) is 9.69 Å². The first-order valence-electron chi connectivity index (χ1n) is 5.68. The molecule has 0 aromatic carbocycles. The SMILES string of the molecule is CCC(CC)N(CCO)CC(=O)NCC#N. The van der Waals surface area contributed by atoms with Crippen LogP contribution in [0.25, 0.3) is 0 Å². The van der Waals surface area contributed by atoms with Crippen LogP contribution in [0.2, 0.25) is 0 Å². The van der Waals surface area contributed by atoms with Crippen LogP contribution in [-0.4, -0.2) is 48.2 Å². The Morgan fingerprint density at radius 3 is 2.56 bits per heavy atom. The second-order valence-corrected chi connectivity index (χ2v) is 3.60. The van der Waals surface area contributed by atoms with Gasteiger partial charge in [0, 0.05) is 12.6 Å². The van der Waals surface area contributed by atoms with E-state index in [0.717, 1.165) is 12.8 Å². The van der Waals surface area contributed by atoms with Gasteiger partial charge < -0.3 is 10.4 Å². The lowest BCUT2D eigenvalue weighted by Gasteiger charge is -2.28. The normalized spacial score (nSPS) is 10.5. The van der Waals surface area contributed by atoms with Crippen LogP contribution in [0, 0.1) is 11.3 Å². The maximum Gasteiger partial charge on any atom is 0.235 e. The molecule has 0 aliphatic heterocycles. The molecule has 0 aromatic rings. The topological polar surface area (TPSA) is 76.4 Å². The molecule has 92 valence electrons. The Balaban J connectivity index is 4.21. The molecule has 1 amide bonds. The summed E-state index contributed by atoms with van der Waals surface area (Å²) < 4.78 is 0. The third kappa shape index (κ3) is 5.69. The van der Waals surface area contributed by atoms with Crippen molar-refractivity contribution in [2.45, 2.75) is 32.7 Å². The maximum atomic E-state index is 11.4. The van der Waals surface area contributed by atoms with Crippen molar-refractivity contribution in [1.29, 1.82) is 5.26 Å². The Kier molecular flexibility index (Phi) is 8.49. The molecule has 5 heteroatoms. The molecule has 16 heavy (non-hydrogen) atoms. The smallest absolute Gasteiger partial charge is 0.235 e. The van der Waals surface area contributed by atoms with E-state index in [1.54, 1.807) is 0 Å². The average molecular weight is 227 g/mol. The highest BCUT2D eigenvalue weighted by Gasteiger charge is 2.17. The Morgan fingerprint density at radius 2 is 2.12 bits per heavy atom. The van der Waals surface area contributed by atoms with Crippen LogP contribution in [0.5, 0.6) is 0 Å². The predicted octanol–water partition coefficient (Wildman–Crippen LogP) is 0.109. The van der Waals surface area contributed by atoms with E-state index in [1.807, 2.05) is 11.0 Å². The summed E-state index contributed by atoms with van der Waals surface area (Å²) in [4.78, 5) is 13.4. The van der Waals surface area contributed by atoms with Gasteiger partial charge in [-0.2, -0.15) is 5.26 Å². The first-order chi connectivity index (χ1) is 7.69. The lowest BCUT2D eigenvalue weighted by atomic mass is 10.1. The molecule has 0 saturated heterocycles. The Hall–Kier alpha value is -1.12. The maximum absolute atomic E-state index is 11.4. The van der Waals surface area contributed by atoms with E-state index in [4.69, 9.17) is 10.4 Å². The van der Waals surface area contributed by atoms with Crippen LogP contribution in [0.4, 0.5) is 0 Å². The molecule has 0 aliphatic rings. The summed E-state index contributed by atoms with van der Waals surface area (Å²) in [6, 6.07) is 2.17. The summed E-state index contributed by atoms with van der Waals surface area (Å²) in [6.45, 7) is 4.94. The Bertz CT molecular complexity index is 234. The largest absolute Gasteiger partial charge is 0.395 e. The molecule has 0 unspecified atom stereocenters. The van der Waals surface area contributed by atoms with Crippen molar-refractivity contribution in [3.8, 4) is 6.07 Å². The zero-order valence-electron chi connectivity index (χ0n) is 10.1. The van der Waals surface area contributed by atoms with E-state index in [9.17, 15) is 4.79 Å². The molecule has 0 rings (SSSR count). The summed E-state index contributed by atoms with van der Waals surface area (Å²) in [5, 5.41) is 19.8. The number of aliphatic hydroxyl groups is 1. The molecule has 0 bridgehead atoms. The van der Waals surface area contributed by atoms with Crippen LogP contribution in [-0.2, 0) is 4.79 Å². The van der Waals surface area contributed by atoms with Crippen molar-refractivity contribution < 1.29 is 9.90 Å². The Labute approximate surface area is 97.0 Å². The minimum Gasteiger partial charge on any atom is -0.395 e. The van der Waals surface area contributed by atoms with Gasteiger partial charge in [0.05, 0.1) is 19.2 Å². The van der Waals surface area contributed by atoms with Gasteiger partial charge in [0.2, 0.25) is 5.91 Å². The fourth-order valence-electron chi connectivity index (χ4n) is 1.70. The summed E-state index contributed by atoms with van der Waals surface area (Å²) in [6.07, 6.45) is 1.89. The van der Waals surface area contributed by atoms with Crippen LogP contribution in [0.3, 0.4) is 0 Å². The summed E-state index contributed by atoms with van der Waals surface area (Å²) in [7, 11) is 0. The van der Waals surface area contributed by atoms with E-state index in [0.29, 0.717) is 12.6 Å². The first-order valence-corrected chi connectivity index (χ1v) is 5.68. The number of rotatable bonds is 8. The highest BCUT2D eigenvalue weighted by atomic mass is 16.3. The molecule has 0 atom stereocenters. The number of carbonyl (C=O) groups excluding carboxylic acids is 1. The Morgan fingerprint density at radius 1 is 1.50 bits per heavy atom. The average Bonchev–Trinajstić information content (AvgIpc) is 2.28. The van der Waals surface area contributed by atoms with Gasteiger partial charge in [0.1, 0.15) is 6.54 Å². The van der Waals surface area contributed by atoms with Crippen molar-refractivity contribution in [1.82, 2.24) is 10.2 Å². The van der Waals surface area contributed by atoms with Crippen molar-refractivity contribution in [2.75, 3.05) is 26.2 Å². The second-order valence-electron chi connectivity index (χ2n) is 3.60. The van der Waals surface area contributed by atoms with Crippen molar-refractivity contribution >= 4 is 5.91 Å².